The SMILES string of the molecule is CC(=O)Cc1ncc([N+](=O)[O-])cc1Br. The molecule has 0 aromatic carbocycles. The number of halogens is 1. The van der Waals surface area contributed by atoms with Crippen molar-refractivity contribution in [2.45, 2.75) is 13.3 Å². The molecule has 0 N–H and O–H groups in total. The van der Waals surface area contributed by atoms with E-state index in [-0.39, 0.29) is 17.9 Å². The number of nitro groups is 1. The summed E-state index contributed by atoms with van der Waals surface area (Å²) in [4.78, 5) is 24.5. The summed E-state index contributed by atoms with van der Waals surface area (Å²) in [5, 5.41) is 10.4. The van der Waals surface area contributed by atoms with Gasteiger partial charge in [0.05, 0.1) is 10.6 Å². The number of hydrogen-bond donors (Lipinski definition) is 0. The largest absolute Gasteiger partial charge is 0.300 e. The molecule has 5 nitrogen and oxygen atoms in total. The molecule has 6 heteroatoms. The van der Waals surface area contributed by atoms with Crippen molar-refractivity contribution in [1.29, 1.82) is 0 Å². The van der Waals surface area contributed by atoms with Gasteiger partial charge in [0.25, 0.3) is 5.69 Å². The predicted octanol–water partition coefficient (Wildman–Crippen LogP) is 1.88. The van der Waals surface area contributed by atoms with Crippen LogP contribution in [-0.2, 0) is 11.2 Å². The zero-order chi connectivity index (χ0) is 10.7. The monoisotopic (exact) mass is 258 g/mol. The van der Waals surface area contributed by atoms with Crippen molar-refractivity contribution in [3.8, 4) is 0 Å². The molecule has 0 bridgehead atoms. The van der Waals surface area contributed by atoms with Crippen LogP contribution < -0.4 is 0 Å². The van der Waals surface area contributed by atoms with Gasteiger partial charge in [0, 0.05) is 17.0 Å². The van der Waals surface area contributed by atoms with E-state index >= 15 is 0 Å². The molecule has 0 amide bonds. The molecule has 0 saturated carbocycles. The second-order valence-corrected chi connectivity index (χ2v) is 3.61. The highest BCUT2D eigenvalue weighted by Crippen LogP contribution is 2.20. The average Bonchev–Trinajstić information content (AvgIpc) is 2.07. The molecule has 0 atom stereocenters. The number of hydrogen-bond acceptors (Lipinski definition) is 4. The number of ketones is 1. The van der Waals surface area contributed by atoms with Crippen molar-refractivity contribution < 1.29 is 9.72 Å². The van der Waals surface area contributed by atoms with Crippen molar-refractivity contribution in [1.82, 2.24) is 4.98 Å². The van der Waals surface area contributed by atoms with E-state index in [4.69, 9.17) is 0 Å². The number of Topliss-reactive ketones (excluding diaryl/α,β-unsaturated/α-hetero) is 1. The van der Waals surface area contributed by atoms with Crippen LogP contribution in [0.15, 0.2) is 16.7 Å². The Morgan fingerprint density at radius 2 is 2.36 bits per heavy atom. The molecule has 0 aliphatic heterocycles. The highest BCUT2D eigenvalue weighted by Gasteiger charge is 2.11. The quantitative estimate of drug-likeness (QED) is 0.613. The molecule has 1 rings (SSSR count). The maximum absolute atomic E-state index is 10.8. The molecule has 0 radical (unpaired) electrons. The van der Waals surface area contributed by atoms with Gasteiger partial charge in [-0.05, 0) is 22.9 Å². The van der Waals surface area contributed by atoms with Crippen LogP contribution in [-0.4, -0.2) is 15.7 Å². The first-order chi connectivity index (χ1) is 6.50. The molecule has 0 unspecified atom stereocenters. The van der Waals surface area contributed by atoms with Crippen LogP contribution in [0.2, 0.25) is 0 Å². The zero-order valence-electron chi connectivity index (χ0n) is 7.36. The van der Waals surface area contributed by atoms with Crippen molar-refractivity contribution in [3.05, 3.63) is 32.5 Å². The summed E-state index contributed by atoms with van der Waals surface area (Å²) in [6.45, 7) is 1.44. The molecule has 0 aliphatic carbocycles. The number of nitrogens with zero attached hydrogens (tertiary/aromatic N) is 2. The van der Waals surface area contributed by atoms with Gasteiger partial charge < -0.3 is 0 Å². The normalized spacial score (nSPS) is 9.86. The lowest BCUT2D eigenvalue weighted by molar-refractivity contribution is -0.385. The summed E-state index contributed by atoms with van der Waals surface area (Å²) in [6, 6.07) is 1.34. The second kappa shape index (κ2) is 4.28. The van der Waals surface area contributed by atoms with Gasteiger partial charge in [0.1, 0.15) is 12.0 Å². The molecule has 0 fully saturated rings. The molecule has 74 valence electrons. The number of aromatic nitrogens is 1. The number of carbonyl (C=O) groups is 1. The minimum absolute atomic E-state index is 0.0351. The summed E-state index contributed by atoms with van der Waals surface area (Å²) in [6.07, 6.45) is 1.32. The van der Waals surface area contributed by atoms with E-state index in [1.165, 1.54) is 13.0 Å². The van der Waals surface area contributed by atoms with Gasteiger partial charge in [-0.1, -0.05) is 0 Å². The molecule has 0 spiro atoms. The van der Waals surface area contributed by atoms with Gasteiger partial charge in [-0.3, -0.25) is 19.9 Å². The smallest absolute Gasteiger partial charge is 0.288 e. The topological polar surface area (TPSA) is 73.1 Å². The molecule has 1 heterocycles. The van der Waals surface area contributed by atoms with E-state index in [1.54, 1.807) is 0 Å². The van der Waals surface area contributed by atoms with Crippen molar-refractivity contribution >= 4 is 27.4 Å². The summed E-state index contributed by atoms with van der Waals surface area (Å²) in [5.41, 5.74) is 0.423. The van der Waals surface area contributed by atoms with Gasteiger partial charge in [-0.25, -0.2) is 0 Å². The minimum Gasteiger partial charge on any atom is -0.300 e. The number of carbonyl (C=O) groups excluding carboxylic acids is 1. The highest BCUT2D eigenvalue weighted by molar-refractivity contribution is 9.10. The Morgan fingerprint density at radius 1 is 1.71 bits per heavy atom. The minimum atomic E-state index is -0.532. The van der Waals surface area contributed by atoms with E-state index in [1.807, 2.05) is 0 Å². The van der Waals surface area contributed by atoms with E-state index in [9.17, 15) is 14.9 Å². The first-order valence-corrected chi connectivity index (χ1v) is 4.58. The molecule has 0 aliphatic rings. The van der Waals surface area contributed by atoms with Crippen LogP contribution in [0, 0.1) is 10.1 Å². The van der Waals surface area contributed by atoms with Gasteiger partial charge in [0.15, 0.2) is 0 Å². The lowest BCUT2D eigenvalue weighted by Gasteiger charge is -1.99. The molecular weight excluding hydrogens is 252 g/mol. The van der Waals surface area contributed by atoms with Crippen molar-refractivity contribution in [3.63, 3.8) is 0 Å². The van der Waals surface area contributed by atoms with Crippen LogP contribution >= 0.6 is 15.9 Å². The Labute approximate surface area is 88.4 Å². The van der Waals surface area contributed by atoms with Crippen LogP contribution in [0.5, 0.6) is 0 Å². The Hall–Kier alpha value is -1.30. The third kappa shape index (κ3) is 2.59. The summed E-state index contributed by atoms with van der Waals surface area (Å²) < 4.78 is 0.488. The van der Waals surface area contributed by atoms with Gasteiger partial charge in [0.2, 0.25) is 0 Å². The number of rotatable bonds is 3. The Kier molecular flexibility index (Phi) is 3.29. The summed E-state index contributed by atoms with van der Waals surface area (Å²) in [7, 11) is 0. The first-order valence-electron chi connectivity index (χ1n) is 3.79. The van der Waals surface area contributed by atoms with Crippen molar-refractivity contribution in [2.24, 2.45) is 0 Å². The average molecular weight is 259 g/mol. The third-order valence-corrected chi connectivity index (χ3v) is 2.22. The maximum Gasteiger partial charge on any atom is 0.288 e. The molecule has 0 saturated heterocycles. The van der Waals surface area contributed by atoms with E-state index < -0.39 is 4.92 Å². The molecule has 14 heavy (non-hydrogen) atoms. The van der Waals surface area contributed by atoms with Crippen LogP contribution in [0.25, 0.3) is 0 Å². The van der Waals surface area contributed by atoms with Gasteiger partial charge in [-0.2, -0.15) is 0 Å². The fourth-order valence-electron chi connectivity index (χ4n) is 0.922. The lowest BCUT2D eigenvalue weighted by Crippen LogP contribution is -2.01. The predicted molar refractivity (Wildman–Crippen MR) is 53.0 cm³/mol. The maximum atomic E-state index is 10.8. The van der Waals surface area contributed by atoms with Crippen LogP contribution in [0.4, 0.5) is 5.69 Å². The first kappa shape index (κ1) is 10.8. The molecule has 1 aromatic rings. The van der Waals surface area contributed by atoms with E-state index in [2.05, 4.69) is 20.9 Å². The Bertz CT molecular complexity index is 392. The van der Waals surface area contributed by atoms with Crippen LogP contribution in [0.3, 0.4) is 0 Å². The zero-order valence-corrected chi connectivity index (χ0v) is 8.94. The summed E-state index contributed by atoms with van der Waals surface area (Å²) >= 11 is 3.12. The van der Waals surface area contributed by atoms with E-state index in [0.29, 0.717) is 10.2 Å². The highest BCUT2D eigenvalue weighted by atomic mass is 79.9. The van der Waals surface area contributed by atoms with Crippen molar-refractivity contribution in [2.75, 3.05) is 0 Å². The fraction of sp³-hybridized carbons (Fsp3) is 0.250. The molecular formula is C8H7BrN2O3. The van der Waals surface area contributed by atoms with Crippen LogP contribution in [0.1, 0.15) is 12.6 Å². The Balaban J connectivity index is 3.01. The molecule has 1 aromatic heterocycles. The third-order valence-electron chi connectivity index (χ3n) is 1.53. The second-order valence-electron chi connectivity index (χ2n) is 2.76. The fourth-order valence-corrected chi connectivity index (χ4v) is 1.40. The number of pyridine rings is 1. The Morgan fingerprint density at radius 3 is 2.79 bits per heavy atom. The lowest BCUT2D eigenvalue weighted by atomic mass is 10.2. The standard InChI is InChI=1S/C8H7BrN2O3/c1-5(12)2-8-7(9)3-6(4-10-8)11(13)14/h3-4H,2H2,1H3. The van der Waals surface area contributed by atoms with E-state index in [0.717, 1.165) is 6.20 Å². The summed E-state index contributed by atoms with van der Waals surface area (Å²) in [5.74, 6) is -0.0351. The van der Waals surface area contributed by atoms with Gasteiger partial charge >= 0.3 is 0 Å². The van der Waals surface area contributed by atoms with Gasteiger partial charge in [-0.15, -0.1) is 0 Å².